The molecule has 0 aliphatic heterocycles. The van der Waals surface area contributed by atoms with Gasteiger partial charge in [-0.25, -0.2) is 0 Å². The molecule has 1 N–H and O–H groups in total. The molecule has 0 bridgehead atoms. The molecule has 2 aromatic heterocycles. The maximum absolute atomic E-state index is 11.9. The first-order valence-corrected chi connectivity index (χ1v) is 7.76. The minimum absolute atomic E-state index is 0.0436. The van der Waals surface area contributed by atoms with Gasteiger partial charge in [0.15, 0.2) is 11.5 Å². The lowest BCUT2D eigenvalue weighted by molar-refractivity contribution is -0.116. The molecule has 0 aliphatic carbocycles. The van der Waals surface area contributed by atoms with Crippen molar-refractivity contribution in [2.45, 2.75) is 33.1 Å². The van der Waals surface area contributed by atoms with E-state index in [-0.39, 0.29) is 5.91 Å². The number of unbranched alkanes of at least 4 members (excludes halogenated alkanes) is 1. The summed E-state index contributed by atoms with van der Waals surface area (Å²) in [6.45, 7) is 3.93. The topological polar surface area (TPSA) is 72.2 Å². The van der Waals surface area contributed by atoms with E-state index in [1.807, 2.05) is 43.3 Å². The summed E-state index contributed by atoms with van der Waals surface area (Å²) < 4.78 is 1.71. The van der Waals surface area contributed by atoms with Gasteiger partial charge in [0, 0.05) is 17.7 Å². The second-order valence-electron chi connectivity index (χ2n) is 5.47. The molecular formula is C17H19N5O. The molecule has 3 aromatic rings. The molecule has 0 aliphatic rings. The number of carbonyl (C=O) groups is 1. The summed E-state index contributed by atoms with van der Waals surface area (Å²) >= 11 is 0. The minimum Gasteiger partial charge on any atom is -0.326 e. The van der Waals surface area contributed by atoms with Gasteiger partial charge in [-0.05, 0) is 37.6 Å². The Morgan fingerprint density at radius 3 is 2.91 bits per heavy atom. The molecule has 6 nitrogen and oxygen atoms in total. The van der Waals surface area contributed by atoms with Gasteiger partial charge in [-0.2, -0.15) is 9.61 Å². The van der Waals surface area contributed by atoms with Crippen molar-refractivity contribution in [2.24, 2.45) is 0 Å². The first kappa shape index (κ1) is 15.1. The Morgan fingerprint density at radius 1 is 1.22 bits per heavy atom. The number of nitrogens with zero attached hydrogens (tertiary/aromatic N) is 4. The summed E-state index contributed by atoms with van der Waals surface area (Å²) in [7, 11) is 0. The summed E-state index contributed by atoms with van der Waals surface area (Å²) in [6, 6.07) is 11.5. The number of amides is 1. The van der Waals surface area contributed by atoms with Crippen LogP contribution in [0.5, 0.6) is 0 Å². The van der Waals surface area contributed by atoms with Gasteiger partial charge in [-0.15, -0.1) is 10.2 Å². The van der Waals surface area contributed by atoms with Crippen molar-refractivity contribution in [3.8, 4) is 11.3 Å². The number of nitrogens with one attached hydrogen (secondary N) is 1. The van der Waals surface area contributed by atoms with E-state index in [9.17, 15) is 4.79 Å². The second-order valence-corrected chi connectivity index (χ2v) is 5.47. The number of anilines is 1. The van der Waals surface area contributed by atoms with Gasteiger partial charge >= 0.3 is 0 Å². The molecule has 0 radical (unpaired) electrons. The highest BCUT2D eigenvalue weighted by Crippen LogP contribution is 2.21. The average Bonchev–Trinajstić information content (AvgIpc) is 2.94. The van der Waals surface area contributed by atoms with Gasteiger partial charge in [0.2, 0.25) is 5.91 Å². The van der Waals surface area contributed by atoms with Crippen molar-refractivity contribution in [1.82, 2.24) is 19.8 Å². The SMILES string of the molecule is CCCCC(=O)Nc1cccc(-c2ccc3nnc(C)n3n2)c1. The fourth-order valence-corrected chi connectivity index (χ4v) is 2.37. The summed E-state index contributed by atoms with van der Waals surface area (Å²) in [4.78, 5) is 11.9. The molecule has 2 heterocycles. The highest BCUT2D eigenvalue weighted by molar-refractivity contribution is 5.91. The van der Waals surface area contributed by atoms with E-state index < -0.39 is 0 Å². The Kier molecular flexibility index (Phi) is 4.32. The fraction of sp³-hybridized carbons (Fsp3) is 0.294. The molecule has 0 spiro atoms. The quantitative estimate of drug-likeness (QED) is 0.785. The fourth-order valence-electron chi connectivity index (χ4n) is 2.37. The number of hydrogen-bond acceptors (Lipinski definition) is 4. The van der Waals surface area contributed by atoms with Crippen LogP contribution in [0.25, 0.3) is 16.9 Å². The van der Waals surface area contributed by atoms with E-state index in [2.05, 4.69) is 27.5 Å². The third kappa shape index (κ3) is 3.36. The largest absolute Gasteiger partial charge is 0.326 e. The Labute approximate surface area is 134 Å². The van der Waals surface area contributed by atoms with Crippen LogP contribution in [0.4, 0.5) is 5.69 Å². The number of aryl methyl sites for hydroxylation is 1. The van der Waals surface area contributed by atoms with Gasteiger partial charge < -0.3 is 5.32 Å². The predicted octanol–water partition coefficient (Wildman–Crippen LogP) is 3.23. The van der Waals surface area contributed by atoms with Crippen LogP contribution in [-0.2, 0) is 4.79 Å². The second kappa shape index (κ2) is 6.56. The van der Waals surface area contributed by atoms with E-state index in [1.165, 1.54) is 0 Å². The monoisotopic (exact) mass is 309 g/mol. The minimum atomic E-state index is 0.0436. The van der Waals surface area contributed by atoms with E-state index in [0.717, 1.165) is 41.3 Å². The third-order valence-corrected chi connectivity index (χ3v) is 3.62. The number of benzene rings is 1. The zero-order valence-corrected chi connectivity index (χ0v) is 13.3. The molecule has 0 saturated carbocycles. The third-order valence-electron chi connectivity index (χ3n) is 3.62. The van der Waals surface area contributed by atoms with Crippen LogP contribution in [0, 0.1) is 6.92 Å². The average molecular weight is 309 g/mol. The number of rotatable bonds is 5. The van der Waals surface area contributed by atoms with Gasteiger partial charge in [0.25, 0.3) is 0 Å². The zero-order chi connectivity index (χ0) is 16.2. The van der Waals surface area contributed by atoms with Crippen LogP contribution in [0.2, 0.25) is 0 Å². The molecular weight excluding hydrogens is 290 g/mol. The lowest BCUT2D eigenvalue weighted by Gasteiger charge is -2.07. The first-order valence-electron chi connectivity index (χ1n) is 7.76. The maximum Gasteiger partial charge on any atom is 0.224 e. The molecule has 0 fully saturated rings. The Balaban J connectivity index is 1.85. The summed E-state index contributed by atoms with van der Waals surface area (Å²) in [5.41, 5.74) is 3.25. The number of carbonyl (C=O) groups excluding carboxylic acids is 1. The summed E-state index contributed by atoms with van der Waals surface area (Å²) in [6.07, 6.45) is 2.46. The maximum atomic E-state index is 11.9. The van der Waals surface area contributed by atoms with Gasteiger partial charge in [0.1, 0.15) is 0 Å². The summed E-state index contributed by atoms with van der Waals surface area (Å²) in [5.74, 6) is 0.785. The Morgan fingerprint density at radius 2 is 2.09 bits per heavy atom. The van der Waals surface area contributed by atoms with Gasteiger partial charge in [-0.3, -0.25) is 4.79 Å². The van der Waals surface area contributed by atoms with Crippen molar-refractivity contribution < 1.29 is 4.79 Å². The highest BCUT2D eigenvalue weighted by atomic mass is 16.1. The number of hydrogen-bond donors (Lipinski definition) is 1. The Hall–Kier alpha value is -2.76. The van der Waals surface area contributed by atoms with Crippen molar-refractivity contribution >= 4 is 17.2 Å². The normalized spacial score (nSPS) is 10.9. The zero-order valence-electron chi connectivity index (χ0n) is 13.3. The highest BCUT2D eigenvalue weighted by Gasteiger charge is 2.07. The molecule has 1 aromatic carbocycles. The van der Waals surface area contributed by atoms with Crippen molar-refractivity contribution in [3.05, 3.63) is 42.2 Å². The van der Waals surface area contributed by atoms with Crippen molar-refractivity contribution in [1.29, 1.82) is 0 Å². The lowest BCUT2D eigenvalue weighted by Crippen LogP contribution is -2.10. The van der Waals surface area contributed by atoms with Gasteiger partial charge in [-0.1, -0.05) is 25.5 Å². The smallest absolute Gasteiger partial charge is 0.224 e. The lowest BCUT2D eigenvalue weighted by atomic mass is 10.1. The molecule has 118 valence electrons. The van der Waals surface area contributed by atoms with E-state index >= 15 is 0 Å². The van der Waals surface area contributed by atoms with E-state index in [0.29, 0.717) is 6.42 Å². The summed E-state index contributed by atoms with van der Waals surface area (Å²) in [5, 5.41) is 15.5. The van der Waals surface area contributed by atoms with Crippen LogP contribution in [0.15, 0.2) is 36.4 Å². The molecule has 1 amide bonds. The number of aromatic nitrogens is 4. The Bertz CT molecular complexity index is 840. The van der Waals surface area contributed by atoms with Crippen molar-refractivity contribution in [2.75, 3.05) is 5.32 Å². The molecule has 3 rings (SSSR count). The molecule has 0 atom stereocenters. The standard InChI is InChI=1S/C17H19N5O/c1-3-4-8-17(23)18-14-7-5-6-13(11-14)15-9-10-16-20-19-12(2)22(16)21-15/h5-7,9-11H,3-4,8H2,1-2H3,(H,18,23). The number of fused-ring (bicyclic) bond motifs is 1. The van der Waals surface area contributed by atoms with Crippen molar-refractivity contribution in [3.63, 3.8) is 0 Å². The van der Waals surface area contributed by atoms with E-state index in [4.69, 9.17) is 0 Å². The molecule has 23 heavy (non-hydrogen) atoms. The van der Waals surface area contributed by atoms with Gasteiger partial charge in [0.05, 0.1) is 5.69 Å². The van der Waals surface area contributed by atoms with Crippen LogP contribution in [0.3, 0.4) is 0 Å². The van der Waals surface area contributed by atoms with Crippen LogP contribution in [-0.4, -0.2) is 25.7 Å². The molecule has 6 heteroatoms. The molecule has 0 unspecified atom stereocenters. The molecule has 0 saturated heterocycles. The van der Waals surface area contributed by atoms with Crippen LogP contribution < -0.4 is 5.32 Å². The predicted molar refractivity (Wildman–Crippen MR) is 89.1 cm³/mol. The van der Waals surface area contributed by atoms with E-state index in [1.54, 1.807) is 4.52 Å². The van der Waals surface area contributed by atoms with Crippen LogP contribution in [0.1, 0.15) is 32.0 Å². The first-order chi connectivity index (χ1) is 11.2. The van der Waals surface area contributed by atoms with Crippen LogP contribution >= 0.6 is 0 Å².